The van der Waals surface area contributed by atoms with Crippen molar-refractivity contribution in [1.82, 2.24) is 15.2 Å². The van der Waals surface area contributed by atoms with Gasteiger partial charge in [0.25, 0.3) is 0 Å². The Labute approximate surface area is 85.4 Å². The maximum absolute atomic E-state index is 5.25. The van der Waals surface area contributed by atoms with Crippen molar-refractivity contribution in [2.45, 2.75) is 6.54 Å². The fourth-order valence-electron chi connectivity index (χ4n) is 1.42. The average molecular weight is 246 g/mol. The van der Waals surface area contributed by atoms with Gasteiger partial charge in [-0.1, -0.05) is 0 Å². The molecule has 2 rings (SSSR count). The summed E-state index contributed by atoms with van der Waals surface area (Å²) in [7, 11) is 0. The fraction of sp³-hybridized carbons (Fsp3) is 0.625. The fourth-order valence-corrected chi connectivity index (χ4v) is 1.71. The molecule has 0 saturated carbocycles. The molecule has 72 valence electrons. The lowest BCUT2D eigenvalue weighted by molar-refractivity contribution is 0.212. The Morgan fingerprint density at radius 2 is 2.31 bits per heavy atom. The van der Waals surface area contributed by atoms with Crippen molar-refractivity contribution in [3.8, 4) is 0 Å². The second-order valence-corrected chi connectivity index (χ2v) is 3.90. The molecular formula is C8H12BrN3O. The van der Waals surface area contributed by atoms with Gasteiger partial charge < -0.3 is 9.73 Å². The molecule has 2 heterocycles. The van der Waals surface area contributed by atoms with Gasteiger partial charge in [0.1, 0.15) is 10.9 Å². The first-order valence-corrected chi connectivity index (χ1v) is 5.17. The smallest absolute Gasteiger partial charge is 0.209 e. The molecule has 1 saturated heterocycles. The van der Waals surface area contributed by atoms with Crippen molar-refractivity contribution in [3.05, 3.63) is 16.8 Å². The van der Waals surface area contributed by atoms with E-state index in [0.717, 1.165) is 43.2 Å². The number of nitrogens with zero attached hydrogens (tertiary/aromatic N) is 2. The van der Waals surface area contributed by atoms with E-state index in [1.807, 2.05) is 0 Å². The van der Waals surface area contributed by atoms with Gasteiger partial charge in [0.2, 0.25) is 5.89 Å². The molecule has 0 atom stereocenters. The zero-order valence-electron chi connectivity index (χ0n) is 7.29. The summed E-state index contributed by atoms with van der Waals surface area (Å²) in [6, 6.07) is 0. The van der Waals surface area contributed by atoms with Crippen molar-refractivity contribution < 1.29 is 4.42 Å². The topological polar surface area (TPSA) is 41.3 Å². The first-order chi connectivity index (χ1) is 6.34. The van der Waals surface area contributed by atoms with Gasteiger partial charge in [0, 0.05) is 26.2 Å². The van der Waals surface area contributed by atoms with Crippen LogP contribution in [0.4, 0.5) is 0 Å². The third-order valence-corrected chi connectivity index (χ3v) is 2.46. The van der Waals surface area contributed by atoms with Gasteiger partial charge in [-0.25, -0.2) is 4.98 Å². The van der Waals surface area contributed by atoms with Gasteiger partial charge in [-0.05, 0) is 15.9 Å². The number of nitrogens with one attached hydrogen (secondary N) is 1. The Balaban J connectivity index is 1.89. The van der Waals surface area contributed by atoms with Gasteiger partial charge >= 0.3 is 0 Å². The second kappa shape index (κ2) is 4.21. The minimum absolute atomic E-state index is 0.776. The molecule has 4 nitrogen and oxygen atoms in total. The van der Waals surface area contributed by atoms with E-state index in [2.05, 4.69) is 31.1 Å². The van der Waals surface area contributed by atoms with Crippen LogP contribution in [-0.2, 0) is 6.54 Å². The number of rotatable bonds is 2. The Hall–Kier alpha value is -0.390. The van der Waals surface area contributed by atoms with Crippen LogP contribution in [0.2, 0.25) is 0 Å². The molecule has 0 amide bonds. The van der Waals surface area contributed by atoms with E-state index >= 15 is 0 Å². The van der Waals surface area contributed by atoms with E-state index in [4.69, 9.17) is 4.42 Å². The summed E-state index contributed by atoms with van der Waals surface area (Å²) >= 11 is 3.26. The number of piperazine rings is 1. The van der Waals surface area contributed by atoms with Crippen LogP contribution in [0, 0.1) is 0 Å². The number of halogens is 1. The molecule has 13 heavy (non-hydrogen) atoms. The summed E-state index contributed by atoms with van der Waals surface area (Å²) in [6.45, 7) is 5.07. The van der Waals surface area contributed by atoms with Crippen LogP contribution in [0.25, 0.3) is 0 Å². The molecule has 1 fully saturated rings. The minimum Gasteiger partial charge on any atom is -0.446 e. The first-order valence-electron chi connectivity index (χ1n) is 4.37. The summed E-state index contributed by atoms with van der Waals surface area (Å²) in [5, 5.41) is 3.30. The van der Waals surface area contributed by atoms with Crippen LogP contribution in [0.15, 0.2) is 15.3 Å². The Kier molecular flexibility index (Phi) is 2.97. The van der Waals surface area contributed by atoms with Gasteiger partial charge in [-0.15, -0.1) is 0 Å². The van der Waals surface area contributed by atoms with Crippen LogP contribution in [0.1, 0.15) is 5.89 Å². The van der Waals surface area contributed by atoms with Crippen molar-refractivity contribution in [3.63, 3.8) is 0 Å². The molecule has 0 spiro atoms. The van der Waals surface area contributed by atoms with Crippen LogP contribution >= 0.6 is 15.9 Å². The summed E-state index contributed by atoms with van der Waals surface area (Å²) in [4.78, 5) is 6.52. The minimum atomic E-state index is 0.776. The molecule has 0 unspecified atom stereocenters. The summed E-state index contributed by atoms with van der Waals surface area (Å²) in [5.41, 5.74) is 0. The highest BCUT2D eigenvalue weighted by Crippen LogP contribution is 2.10. The van der Waals surface area contributed by atoms with Gasteiger partial charge in [0.05, 0.1) is 6.54 Å². The zero-order valence-corrected chi connectivity index (χ0v) is 8.88. The number of aromatic nitrogens is 1. The Morgan fingerprint density at radius 1 is 1.54 bits per heavy atom. The third kappa shape index (κ3) is 2.52. The molecule has 1 aliphatic rings. The molecule has 0 radical (unpaired) electrons. The Morgan fingerprint density at radius 3 is 2.92 bits per heavy atom. The summed E-state index contributed by atoms with van der Waals surface area (Å²) in [6.07, 6.45) is 1.62. The predicted octanol–water partition coefficient (Wildman–Crippen LogP) is 0.842. The molecular weight excluding hydrogens is 234 g/mol. The summed E-state index contributed by atoms with van der Waals surface area (Å²) in [5.74, 6) is 0.786. The lowest BCUT2D eigenvalue weighted by atomic mass is 10.3. The van der Waals surface area contributed by atoms with Crippen molar-refractivity contribution >= 4 is 15.9 Å². The predicted molar refractivity (Wildman–Crippen MR) is 52.3 cm³/mol. The molecule has 5 heteroatoms. The van der Waals surface area contributed by atoms with Crippen LogP contribution in [-0.4, -0.2) is 36.1 Å². The van der Waals surface area contributed by atoms with Crippen LogP contribution in [0.5, 0.6) is 0 Å². The highest BCUT2D eigenvalue weighted by molar-refractivity contribution is 9.10. The van der Waals surface area contributed by atoms with E-state index in [1.54, 1.807) is 6.26 Å². The van der Waals surface area contributed by atoms with Crippen molar-refractivity contribution in [1.29, 1.82) is 0 Å². The largest absolute Gasteiger partial charge is 0.446 e. The molecule has 0 bridgehead atoms. The van der Waals surface area contributed by atoms with E-state index in [0.29, 0.717) is 0 Å². The molecule has 1 N–H and O–H groups in total. The van der Waals surface area contributed by atoms with E-state index in [-0.39, 0.29) is 0 Å². The summed E-state index contributed by atoms with van der Waals surface area (Å²) < 4.78 is 6.02. The number of oxazole rings is 1. The van der Waals surface area contributed by atoms with E-state index in [1.165, 1.54) is 0 Å². The van der Waals surface area contributed by atoms with Crippen LogP contribution in [0.3, 0.4) is 0 Å². The van der Waals surface area contributed by atoms with E-state index in [9.17, 15) is 0 Å². The standard InChI is InChI=1S/C8H12BrN3O/c9-7-6-13-8(11-7)5-12-3-1-10-2-4-12/h6,10H,1-5H2. The lowest BCUT2D eigenvalue weighted by Gasteiger charge is -2.25. The lowest BCUT2D eigenvalue weighted by Crippen LogP contribution is -2.42. The zero-order chi connectivity index (χ0) is 9.10. The SMILES string of the molecule is Brc1coc(CN2CCNCC2)n1. The van der Waals surface area contributed by atoms with Crippen molar-refractivity contribution in [2.75, 3.05) is 26.2 Å². The highest BCUT2D eigenvalue weighted by atomic mass is 79.9. The van der Waals surface area contributed by atoms with E-state index < -0.39 is 0 Å². The molecule has 1 aromatic heterocycles. The first kappa shape index (κ1) is 9.18. The number of hydrogen-bond donors (Lipinski definition) is 1. The normalized spacial score (nSPS) is 19.2. The number of hydrogen-bond acceptors (Lipinski definition) is 4. The quantitative estimate of drug-likeness (QED) is 0.839. The van der Waals surface area contributed by atoms with Crippen LogP contribution < -0.4 is 5.32 Å². The van der Waals surface area contributed by atoms with Crippen molar-refractivity contribution in [2.24, 2.45) is 0 Å². The second-order valence-electron chi connectivity index (χ2n) is 3.09. The molecule has 1 aliphatic heterocycles. The van der Waals surface area contributed by atoms with Gasteiger partial charge in [-0.2, -0.15) is 0 Å². The maximum atomic E-state index is 5.25. The molecule has 1 aromatic rings. The van der Waals surface area contributed by atoms with Gasteiger partial charge in [-0.3, -0.25) is 4.90 Å². The highest BCUT2D eigenvalue weighted by Gasteiger charge is 2.12. The average Bonchev–Trinajstić information content (AvgIpc) is 2.53. The third-order valence-electron chi connectivity index (χ3n) is 2.09. The molecule has 0 aromatic carbocycles. The van der Waals surface area contributed by atoms with Gasteiger partial charge in [0.15, 0.2) is 0 Å². The maximum Gasteiger partial charge on any atom is 0.209 e. The molecule has 0 aliphatic carbocycles. The monoisotopic (exact) mass is 245 g/mol. The Bertz CT molecular complexity index is 270.